The summed E-state index contributed by atoms with van der Waals surface area (Å²) in [4.78, 5) is -0.747. The minimum absolute atomic E-state index is 0.166. The fourth-order valence-electron chi connectivity index (χ4n) is 1.41. The topological polar surface area (TPSA) is 9.23 Å². The average Bonchev–Trinajstić information content (AvgIpc) is 2.02. The molecule has 0 aliphatic carbocycles. The molecule has 0 radical (unpaired) electrons. The zero-order valence-corrected chi connectivity index (χ0v) is 9.79. The first-order chi connectivity index (χ1) is 5.94. The Morgan fingerprint density at radius 3 is 2.77 bits per heavy atom. The first kappa shape index (κ1) is 11.6. The third kappa shape index (κ3) is 1.99. The van der Waals surface area contributed by atoms with Crippen molar-refractivity contribution in [2.75, 3.05) is 6.61 Å². The van der Waals surface area contributed by atoms with Crippen LogP contribution in [0.25, 0.3) is 0 Å². The van der Waals surface area contributed by atoms with E-state index in [9.17, 15) is 0 Å². The second-order valence-corrected chi connectivity index (χ2v) is 5.32. The van der Waals surface area contributed by atoms with Crippen molar-refractivity contribution in [3.05, 3.63) is 12.7 Å². The molecule has 1 nitrogen and oxygen atoms in total. The van der Waals surface area contributed by atoms with Crippen molar-refractivity contribution in [3.63, 3.8) is 0 Å². The maximum atomic E-state index is 6.27. The van der Waals surface area contributed by atoms with Gasteiger partial charge in [0.15, 0.2) is 5.06 Å². The van der Waals surface area contributed by atoms with Crippen LogP contribution < -0.4 is 0 Å². The summed E-state index contributed by atoms with van der Waals surface area (Å²) in [6.07, 6.45) is 2.92. The largest absolute Gasteiger partial charge is 0.357 e. The molecular weight excluding hydrogens is 230 g/mol. The van der Waals surface area contributed by atoms with Gasteiger partial charge in [-0.3, -0.25) is 0 Å². The van der Waals surface area contributed by atoms with E-state index in [1.165, 1.54) is 0 Å². The fraction of sp³-hybridized carbons (Fsp3) is 0.778. The van der Waals surface area contributed by atoms with Crippen molar-refractivity contribution < 1.29 is 4.74 Å². The molecule has 1 aliphatic rings. The molecule has 0 aromatic carbocycles. The molecule has 1 saturated heterocycles. The van der Waals surface area contributed by atoms with E-state index < -0.39 is 9.93 Å². The van der Waals surface area contributed by atoms with Gasteiger partial charge in [0.05, 0.1) is 12.0 Å². The Kier molecular flexibility index (Phi) is 3.56. The van der Waals surface area contributed by atoms with Crippen LogP contribution in [0.2, 0.25) is 0 Å². The highest BCUT2D eigenvalue weighted by Crippen LogP contribution is 2.47. The summed E-state index contributed by atoms with van der Waals surface area (Å²) in [5.74, 6) is 0. The number of halogens is 3. The maximum Gasteiger partial charge on any atom is 0.165 e. The van der Waals surface area contributed by atoms with Crippen LogP contribution >= 0.6 is 34.8 Å². The molecule has 13 heavy (non-hydrogen) atoms. The minimum Gasteiger partial charge on any atom is -0.357 e. The molecule has 1 rings (SSSR count). The molecule has 0 aromatic heterocycles. The van der Waals surface area contributed by atoms with E-state index in [4.69, 9.17) is 39.5 Å². The van der Waals surface area contributed by atoms with Crippen LogP contribution in [0.4, 0.5) is 0 Å². The summed E-state index contributed by atoms with van der Waals surface area (Å²) in [5, 5.41) is -1.08. The van der Waals surface area contributed by atoms with Gasteiger partial charge in [-0.1, -0.05) is 17.7 Å². The average molecular weight is 244 g/mol. The minimum atomic E-state index is -0.916. The van der Waals surface area contributed by atoms with Gasteiger partial charge in [-0.2, -0.15) is 0 Å². The lowest BCUT2D eigenvalue weighted by atomic mass is 9.92. The highest BCUT2D eigenvalue weighted by molar-refractivity contribution is 6.38. The Morgan fingerprint density at radius 2 is 2.23 bits per heavy atom. The van der Waals surface area contributed by atoms with Gasteiger partial charge in [-0.15, -0.1) is 29.8 Å². The van der Waals surface area contributed by atoms with E-state index in [-0.39, 0.29) is 5.38 Å². The molecule has 1 heterocycles. The van der Waals surface area contributed by atoms with Crippen molar-refractivity contribution in [2.24, 2.45) is 0 Å². The predicted octanol–water partition coefficient (Wildman–Crippen LogP) is 3.52. The molecule has 0 amide bonds. The van der Waals surface area contributed by atoms with Crippen molar-refractivity contribution in [2.45, 2.75) is 35.1 Å². The monoisotopic (exact) mass is 242 g/mol. The quantitative estimate of drug-likeness (QED) is 0.533. The molecule has 3 unspecified atom stereocenters. The number of ether oxygens (including phenoxy) is 1. The Hall–Kier alpha value is 0.570. The van der Waals surface area contributed by atoms with Gasteiger partial charge in [0, 0.05) is 6.42 Å². The summed E-state index contributed by atoms with van der Waals surface area (Å²) in [6, 6.07) is 0. The number of rotatable bonds is 2. The van der Waals surface area contributed by atoms with Gasteiger partial charge in [-0.05, 0) is 13.3 Å². The smallest absolute Gasteiger partial charge is 0.165 e. The van der Waals surface area contributed by atoms with Crippen LogP contribution in [-0.4, -0.2) is 21.9 Å². The van der Waals surface area contributed by atoms with Crippen LogP contribution in [0, 0.1) is 0 Å². The highest BCUT2D eigenvalue weighted by atomic mass is 35.5. The van der Waals surface area contributed by atoms with Crippen molar-refractivity contribution >= 4 is 34.8 Å². The fourth-order valence-corrected chi connectivity index (χ4v) is 2.29. The van der Waals surface area contributed by atoms with Gasteiger partial charge in [0.1, 0.15) is 4.87 Å². The van der Waals surface area contributed by atoms with Crippen LogP contribution in [0.1, 0.15) is 19.8 Å². The van der Waals surface area contributed by atoms with Crippen LogP contribution in [-0.2, 0) is 4.74 Å². The first-order valence-corrected chi connectivity index (χ1v) is 5.40. The molecule has 1 fully saturated rings. The van der Waals surface area contributed by atoms with E-state index in [2.05, 4.69) is 6.58 Å². The molecule has 76 valence electrons. The van der Waals surface area contributed by atoms with Crippen molar-refractivity contribution in [3.8, 4) is 0 Å². The molecule has 3 atom stereocenters. The number of alkyl halides is 3. The van der Waals surface area contributed by atoms with Gasteiger partial charge in [0.25, 0.3) is 0 Å². The molecule has 1 aliphatic heterocycles. The van der Waals surface area contributed by atoms with Gasteiger partial charge < -0.3 is 4.74 Å². The van der Waals surface area contributed by atoms with E-state index in [1.807, 2.05) is 6.92 Å². The molecule has 0 aromatic rings. The summed E-state index contributed by atoms with van der Waals surface area (Å²) in [7, 11) is 0. The van der Waals surface area contributed by atoms with Crippen molar-refractivity contribution in [1.82, 2.24) is 0 Å². The standard InChI is InChI=1S/C9H13Cl3O/c1-3-5-9(12)8(2,11)7(10)4-6-13-9/h3,7H,1,4-6H2,2H3. The van der Waals surface area contributed by atoms with Crippen molar-refractivity contribution in [1.29, 1.82) is 0 Å². The van der Waals surface area contributed by atoms with Crippen LogP contribution in [0.3, 0.4) is 0 Å². The lowest BCUT2D eigenvalue weighted by molar-refractivity contribution is -0.0371. The normalized spacial score (nSPS) is 46.0. The van der Waals surface area contributed by atoms with Gasteiger partial charge in [-0.25, -0.2) is 0 Å². The number of hydrogen-bond donors (Lipinski definition) is 0. The van der Waals surface area contributed by atoms with E-state index >= 15 is 0 Å². The summed E-state index contributed by atoms with van der Waals surface area (Å²) >= 11 is 18.6. The zero-order valence-electron chi connectivity index (χ0n) is 7.53. The molecule has 0 saturated carbocycles. The van der Waals surface area contributed by atoms with Gasteiger partial charge in [0.2, 0.25) is 0 Å². The Labute approximate surface area is 94.0 Å². The van der Waals surface area contributed by atoms with Gasteiger partial charge >= 0.3 is 0 Å². The third-order valence-electron chi connectivity index (χ3n) is 2.43. The molecule has 4 heteroatoms. The second-order valence-electron chi connectivity index (χ2n) is 3.40. The zero-order chi connectivity index (χ0) is 10.1. The second kappa shape index (κ2) is 3.98. The predicted molar refractivity (Wildman–Crippen MR) is 57.9 cm³/mol. The molecule has 0 N–H and O–H groups in total. The van der Waals surface area contributed by atoms with E-state index in [1.54, 1.807) is 6.08 Å². The summed E-state index contributed by atoms with van der Waals surface area (Å²) in [6.45, 7) is 5.98. The Balaban J connectivity index is 2.87. The first-order valence-electron chi connectivity index (χ1n) is 4.21. The molecule has 0 bridgehead atoms. The lowest BCUT2D eigenvalue weighted by Crippen LogP contribution is -2.55. The number of hydrogen-bond acceptors (Lipinski definition) is 1. The Morgan fingerprint density at radius 1 is 1.62 bits per heavy atom. The maximum absolute atomic E-state index is 6.27. The third-order valence-corrected chi connectivity index (χ3v) is 4.52. The SMILES string of the molecule is C=CCC1(Cl)OCCC(Cl)C1(C)Cl. The summed E-state index contributed by atoms with van der Waals surface area (Å²) in [5.41, 5.74) is 0. The summed E-state index contributed by atoms with van der Waals surface area (Å²) < 4.78 is 5.47. The molecular formula is C9H13Cl3O. The highest BCUT2D eigenvalue weighted by Gasteiger charge is 2.53. The lowest BCUT2D eigenvalue weighted by Gasteiger charge is -2.45. The van der Waals surface area contributed by atoms with Crippen LogP contribution in [0.5, 0.6) is 0 Å². The van der Waals surface area contributed by atoms with E-state index in [0.717, 1.165) is 6.42 Å². The van der Waals surface area contributed by atoms with Crippen LogP contribution in [0.15, 0.2) is 12.7 Å². The Bertz CT molecular complexity index is 205. The molecule has 0 spiro atoms. The van der Waals surface area contributed by atoms with E-state index in [0.29, 0.717) is 13.0 Å².